The molecule has 0 fully saturated rings. The van der Waals surface area contributed by atoms with Crippen molar-refractivity contribution in [3.63, 3.8) is 0 Å². The van der Waals surface area contributed by atoms with Crippen molar-refractivity contribution in [3.05, 3.63) is 28.2 Å². The maximum Gasteiger partial charge on any atom is 0.175 e. The van der Waals surface area contributed by atoms with Crippen LogP contribution in [0.3, 0.4) is 0 Å². The molecule has 1 aromatic rings. The second kappa shape index (κ2) is 5.00. The first-order valence-electron chi connectivity index (χ1n) is 5.23. The van der Waals surface area contributed by atoms with Crippen LogP contribution in [0.1, 0.15) is 26.3 Å². The zero-order valence-electron chi connectivity index (χ0n) is 10.1. The SMILES string of the molecule is Cc1cc(OCC(=O)C(C)(C)C)ccc1Br. The van der Waals surface area contributed by atoms with E-state index in [0.717, 1.165) is 15.8 Å². The molecule has 0 heterocycles. The number of halogens is 1. The van der Waals surface area contributed by atoms with Gasteiger partial charge in [0.15, 0.2) is 5.78 Å². The third kappa shape index (κ3) is 3.63. The molecule has 0 aliphatic heterocycles. The number of carbonyl (C=O) groups is 1. The van der Waals surface area contributed by atoms with Crippen LogP contribution in [0.5, 0.6) is 5.75 Å². The predicted molar refractivity (Wildman–Crippen MR) is 68.8 cm³/mol. The van der Waals surface area contributed by atoms with Crippen LogP contribution >= 0.6 is 15.9 Å². The van der Waals surface area contributed by atoms with Gasteiger partial charge < -0.3 is 4.74 Å². The number of aryl methyl sites for hydroxylation is 1. The van der Waals surface area contributed by atoms with E-state index in [1.54, 1.807) is 0 Å². The molecular formula is C13H17BrO2. The molecule has 0 amide bonds. The smallest absolute Gasteiger partial charge is 0.175 e. The van der Waals surface area contributed by atoms with Crippen LogP contribution in [0, 0.1) is 12.3 Å². The highest BCUT2D eigenvalue weighted by molar-refractivity contribution is 9.10. The van der Waals surface area contributed by atoms with Gasteiger partial charge >= 0.3 is 0 Å². The van der Waals surface area contributed by atoms with Gasteiger partial charge in [0.1, 0.15) is 12.4 Å². The molecule has 0 aliphatic carbocycles. The fourth-order valence-electron chi connectivity index (χ4n) is 1.07. The van der Waals surface area contributed by atoms with Gasteiger partial charge in [0.2, 0.25) is 0 Å². The van der Waals surface area contributed by atoms with E-state index in [-0.39, 0.29) is 17.8 Å². The number of ketones is 1. The molecule has 3 heteroatoms. The van der Waals surface area contributed by atoms with E-state index in [0.29, 0.717) is 0 Å². The molecule has 2 nitrogen and oxygen atoms in total. The van der Waals surface area contributed by atoms with Crippen molar-refractivity contribution in [2.75, 3.05) is 6.61 Å². The minimum Gasteiger partial charge on any atom is -0.486 e. The number of ether oxygens (including phenoxy) is 1. The van der Waals surface area contributed by atoms with E-state index in [4.69, 9.17) is 4.74 Å². The highest BCUT2D eigenvalue weighted by atomic mass is 79.9. The van der Waals surface area contributed by atoms with E-state index in [1.165, 1.54) is 0 Å². The van der Waals surface area contributed by atoms with E-state index in [9.17, 15) is 4.79 Å². The number of rotatable bonds is 3. The van der Waals surface area contributed by atoms with Crippen LogP contribution in [0.25, 0.3) is 0 Å². The second-order valence-corrected chi connectivity index (χ2v) is 5.73. The van der Waals surface area contributed by atoms with Crippen molar-refractivity contribution < 1.29 is 9.53 Å². The van der Waals surface area contributed by atoms with E-state index in [2.05, 4.69) is 15.9 Å². The Morgan fingerprint density at radius 2 is 2.00 bits per heavy atom. The average molecular weight is 285 g/mol. The largest absolute Gasteiger partial charge is 0.486 e. The molecule has 0 saturated carbocycles. The minimum atomic E-state index is -0.343. The van der Waals surface area contributed by atoms with Gasteiger partial charge in [-0.1, -0.05) is 36.7 Å². The summed E-state index contributed by atoms with van der Waals surface area (Å²) in [5.41, 5.74) is 0.755. The van der Waals surface area contributed by atoms with Gasteiger partial charge in [-0.05, 0) is 30.7 Å². The molecule has 16 heavy (non-hydrogen) atoms. The fraction of sp³-hybridized carbons (Fsp3) is 0.462. The van der Waals surface area contributed by atoms with Gasteiger partial charge in [0.25, 0.3) is 0 Å². The van der Waals surface area contributed by atoms with Crippen LogP contribution in [0.2, 0.25) is 0 Å². The summed E-state index contributed by atoms with van der Waals surface area (Å²) in [6.45, 7) is 7.80. The normalized spacial score (nSPS) is 11.3. The maximum absolute atomic E-state index is 11.7. The predicted octanol–water partition coefficient (Wildman–Crippen LogP) is 3.75. The van der Waals surface area contributed by atoms with Crippen LogP contribution in [-0.2, 0) is 4.79 Å². The number of carbonyl (C=O) groups excluding carboxylic acids is 1. The second-order valence-electron chi connectivity index (χ2n) is 4.87. The van der Waals surface area contributed by atoms with Crippen molar-refractivity contribution in [3.8, 4) is 5.75 Å². The standard InChI is InChI=1S/C13H17BrO2/c1-9-7-10(5-6-11(9)14)16-8-12(15)13(2,3)4/h5-7H,8H2,1-4H3. The molecule has 0 aliphatic rings. The van der Waals surface area contributed by atoms with Crippen LogP contribution in [0.4, 0.5) is 0 Å². The van der Waals surface area contributed by atoms with E-state index in [1.807, 2.05) is 45.9 Å². The van der Waals surface area contributed by atoms with E-state index < -0.39 is 0 Å². The lowest BCUT2D eigenvalue weighted by Gasteiger charge is -2.16. The molecule has 0 unspecified atom stereocenters. The zero-order valence-corrected chi connectivity index (χ0v) is 11.7. The quantitative estimate of drug-likeness (QED) is 0.845. The Labute approximate surface area is 105 Å². The van der Waals surface area contributed by atoms with Crippen molar-refractivity contribution in [2.45, 2.75) is 27.7 Å². The molecule has 0 radical (unpaired) electrons. The third-order valence-electron chi connectivity index (χ3n) is 2.34. The Balaban J connectivity index is 2.62. The van der Waals surface area contributed by atoms with Crippen molar-refractivity contribution in [2.24, 2.45) is 5.41 Å². The first-order chi connectivity index (χ1) is 7.30. The number of hydrogen-bond acceptors (Lipinski definition) is 2. The molecule has 0 N–H and O–H groups in total. The molecule has 1 aromatic carbocycles. The minimum absolute atomic E-state index is 0.105. The van der Waals surface area contributed by atoms with Crippen LogP contribution < -0.4 is 4.74 Å². The van der Waals surface area contributed by atoms with Gasteiger partial charge in [0, 0.05) is 9.89 Å². The summed E-state index contributed by atoms with van der Waals surface area (Å²) in [6, 6.07) is 5.69. The zero-order chi connectivity index (χ0) is 12.3. The van der Waals surface area contributed by atoms with Crippen LogP contribution in [-0.4, -0.2) is 12.4 Å². The summed E-state index contributed by atoms with van der Waals surface area (Å²) < 4.78 is 6.50. The summed E-state index contributed by atoms with van der Waals surface area (Å²) in [5.74, 6) is 0.839. The molecule has 0 atom stereocenters. The first-order valence-corrected chi connectivity index (χ1v) is 6.02. The number of Topliss-reactive ketones (excluding diaryl/α,β-unsaturated/α-hetero) is 1. The Morgan fingerprint density at radius 1 is 1.38 bits per heavy atom. The Bertz CT molecular complexity index is 391. The fourth-order valence-corrected chi connectivity index (χ4v) is 1.32. The monoisotopic (exact) mass is 284 g/mol. The summed E-state index contributed by atoms with van der Waals surface area (Å²) in [4.78, 5) is 11.7. The highest BCUT2D eigenvalue weighted by Crippen LogP contribution is 2.22. The molecule has 0 spiro atoms. The lowest BCUT2D eigenvalue weighted by atomic mass is 9.91. The van der Waals surface area contributed by atoms with Gasteiger partial charge in [-0.15, -0.1) is 0 Å². The Morgan fingerprint density at radius 3 is 2.50 bits per heavy atom. The molecule has 1 rings (SSSR count). The number of benzene rings is 1. The Kier molecular flexibility index (Phi) is 4.14. The van der Waals surface area contributed by atoms with Crippen molar-refractivity contribution in [1.29, 1.82) is 0 Å². The van der Waals surface area contributed by atoms with E-state index >= 15 is 0 Å². The third-order valence-corrected chi connectivity index (χ3v) is 3.23. The van der Waals surface area contributed by atoms with Gasteiger partial charge in [-0.3, -0.25) is 4.79 Å². The summed E-state index contributed by atoms with van der Waals surface area (Å²) in [6.07, 6.45) is 0. The summed E-state index contributed by atoms with van der Waals surface area (Å²) in [5, 5.41) is 0. The van der Waals surface area contributed by atoms with Crippen molar-refractivity contribution >= 4 is 21.7 Å². The molecule has 88 valence electrons. The average Bonchev–Trinajstić information content (AvgIpc) is 2.18. The lowest BCUT2D eigenvalue weighted by molar-refractivity contribution is -0.128. The maximum atomic E-state index is 11.7. The van der Waals surface area contributed by atoms with Gasteiger partial charge in [-0.25, -0.2) is 0 Å². The number of hydrogen-bond donors (Lipinski definition) is 0. The molecular weight excluding hydrogens is 268 g/mol. The van der Waals surface area contributed by atoms with Crippen LogP contribution in [0.15, 0.2) is 22.7 Å². The molecule has 0 aromatic heterocycles. The molecule has 0 saturated heterocycles. The topological polar surface area (TPSA) is 26.3 Å². The van der Waals surface area contributed by atoms with Gasteiger partial charge in [-0.2, -0.15) is 0 Å². The summed E-state index contributed by atoms with van der Waals surface area (Å²) in [7, 11) is 0. The summed E-state index contributed by atoms with van der Waals surface area (Å²) >= 11 is 3.42. The van der Waals surface area contributed by atoms with Gasteiger partial charge in [0.05, 0.1) is 0 Å². The lowest BCUT2D eigenvalue weighted by Crippen LogP contribution is -2.26. The molecule has 0 bridgehead atoms. The first kappa shape index (κ1) is 13.2. The highest BCUT2D eigenvalue weighted by Gasteiger charge is 2.21. The Hall–Kier alpha value is -0.830. The van der Waals surface area contributed by atoms with Crippen molar-refractivity contribution in [1.82, 2.24) is 0 Å².